The molecule has 0 aliphatic rings. The molecule has 0 N–H and O–H groups in total. The van der Waals surface area contributed by atoms with E-state index in [0.717, 1.165) is 37.4 Å². The Morgan fingerprint density at radius 3 is 2.08 bits per heavy atom. The second kappa shape index (κ2) is 10.8. The van der Waals surface area contributed by atoms with Crippen LogP contribution in [0.3, 0.4) is 0 Å². The smallest absolute Gasteiger partial charge is 0.146 e. The minimum absolute atomic E-state index is 0.432. The van der Waals surface area contributed by atoms with Crippen molar-refractivity contribution in [2.45, 2.75) is 76.5 Å². The Morgan fingerprint density at radius 2 is 1.50 bits per heavy atom. The van der Waals surface area contributed by atoms with E-state index in [2.05, 4.69) is 38.1 Å². The lowest BCUT2D eigenvalue weighted by molar-refractivity contribution is 0.694. The van der Waals surface area contributed by atoms with Gasteiger partial charge in [0, 0.05) is 0 Å². The van der Waals surface area contributed by atoms with E-state index in [9.17, 15) is 0 Å². The first-order valence-corrected chi connectivity index (χ1v) is 18.1. The number of hydrogen-bond donors (Lipinski definition) is 0. The highest BCUT2D eigenvalue weighted by molar-refractivity contribution is 7.45. The first kappa shape index (κ1) is 22.9. The summed E-state index contributed by atoms with van der Waals surface area (Å²) in [6.07, 6.45) is 5.64. The normalized spacial score (nSPS) is 14.0. The number of rotatable bonds is 11. The predicted octanol–water partition coefficient (Wildman–Crippen LogP) is 8.38. The fraction of sp³-hybridized carbons (Fsp3) is 0.667. The lowest BCUT2D eigenvalue weighted by atomic mass is 9.96. The highest BCUT2D eigenvalue weighted by Crippen LogP contribution is 2.36. The minimum atomic E-state index is -2.18. The lowest BCUT2D eigenvalue weighted by Gasteiger charge is -2.23. The summed E-state index contributed by atoms with van der Waals surface area (Å²) in [5.41, 5.74) is 2.82. The zero-order valence-corrected chi connectivity index (χ0v) is 20.1. The summed E-state index contributed by atoms with van der Waals surface area (Å²) in [5.74, 6) is 0.432. The molecular formula is C18H30Cl4Si2. The SMILES string of the molecule is CCc1ccccc1C(C)C[Si](Cl)(Cl)CCCCCC[Si](C)(Cl)Cl. The third-order valence-corrected chi connectivity index (χ3v) is 11.2. The van der Waals surface area contributed by atoms with Crippen LogP contribution in [0.4, 0.5) is 0 Å². The maximum atomic E-state index is 6.73. The van der Waals surface area contributed by atoms with Crippen LogP contribution in [0.1, 0.15) is 56.6 Å². The first-order chi connectivity index (χ1) is 11.1. The van der Waals surface area contributed by atoms with Crippen molar-refractivity contribution in [3.05, 3.63) is 35.4 Å². The molecule has 0 amide bonds. The maximum absolute atomic E-state index is 6.73. The van der Waals surface area contributed by atoms with E-state index in [-0.39, 0.29) is 0 Å². The van der Waals surface area contributed by atoms with E-state index in [0.29, 0.717) is 5.92 Å². The highest BCUT2D eigenvalue weighted by atomic mass is 35.7. The molecule has 0 heterocycles. The zero-order chi connectivity index (χ0) is 18.2. The van der Waals surface area contributed by atoms with Gasteiger partial charge in [0.2, 0.25) is 6.69 Å². The molecule has 0 spiro atoms. The average molecular weight is 444 g/mol. The van der Waals surface area contributed by atoms with Crippen molar-refractivity contribution >= 4 is 57.7 Å². The molecule has 1 unspecified atom stereocenters. The Morgan fingerprint density at radius 1 is 0.917 bits per heavy atom. The molecule has 0 saturated carbocycles. The van der Waals surface area contributed by atoms with E-state index in [1.54, 1.807) is 0 Å². The molecule has 0 saturated heterocycles. The maximum Gasteiger partial charge on any atom is 0.251 e. The standard InChI is InChI=1S/C18H30Cl4Si2/c1-4-17-11-7-8-12-18(17)16(2)15-24(21,22)14-10-6-5-9-13-23(3,19)20/h7-8,11-12,16H,4-6,9-10,13-15H2,1-3H3. The Hall–Kier alpha value is 0.814. The van der Waals surface area contributed by atoms with Crippen LogP contribution < -0.4 is 0 Å². The quantitative estimate of drug-likeness (QED) is 0.183. The van der Waals surface area contributed by atoms with Gasteiger partial charge in [0.05, 0.1) is 0 Å². The zero-order valence-electron chi connectivity index (χ0n) is 15.1. The molecule has 0 bridgehead atoms. The molecule has 1 atom stereocenters. The molecule has 0 radical (unpaired) electrons. The van der Waals surface area contributed by atoms with Crippen molar-refractivity contribution in [2.24, 2.45) is 0 Å². The lowest BCUT2D eigenvalue weighted by Crippen LogP contribution is -2.21. The molecule has 0 aliphatic carbocycles. The summed E-state index contributed by atoms with van der Waals surface area (Å²) in [5, 5.41) is 0. The van der Waals surface area contributed by atoms with Gasteiger partial charge in [-0.25, -0.2) is 0 Å². The highest BCUT2D eigenvalue weighted by Gasteiger charge is 2.31. The largest absolute Gasteiger partial charge is 0.251 e. The summed E-state index contributed by atoms with van der Waals surface area (Å²) < 4.78 is 0. The number of hydrogen-bond acceptors (Lipinski definition) is 0. The van der Waals surface area contributed by atoms with Crippen molar-refractivity contribution in [1.29, 1.82) is 0 Å². The molecule has 6 heteroatoms. The van der Waals surface area contributed by atoms with Crippen molar-refractivity contribution in [3.8, 4) is 0 Å². The third kappa shape index (κ3) is 9.49. The number of aryl methyl sites for hydroxylation is 1. The summed E-state index contributed by atoms with van der Waals surface area (Å²) in [6, 6.07) is 11.5. The van der Waals surface area contributed by atoms with Crippen LogP contribution in [0.15, 0.2) is 24.3 Å². The van der Waals surface area contributed by atoms with E-state index in [1.165, 1.54) is 24.0 Å². The number of benzene rings is 1. The Balaban J connectivity index is 2.37. The van der Waals surface area contributed by atoms with Crippen LogP contribution in [0, 0.1) is 0 Å². The van der Waals surface area contributed by atoms with Gasteiger partial charge in [-0.1, -0.05) is 63.8 Å². The Labute approximate surface area is 169 Å². The van der Waals surface area contributed by atoms with Crippen molar-refractivity contribution in [1.82, 2.24) is 0 Å². The van der Waals surface area contributed by atoms with E-state index >= 15 is 0 Å². The molecule has 0 nitrogen and oxygen atoms in total. The average Bonchev–Trinajstić information content (AvgIpc) is 2.49. The molecule has 0 aromatic heterocycles. The fourth-order valence-electron chi connectivity index (χ4n) is 3.17. The van der Waals surface area contributed by atoms with Crippen LogP contribution in [0.5, 0.6) is 0 Å². The molecule has 1 rings (SSSR count). The number of halogens is 4. The molecule has 0 aliphatic heterocycles. The van der Waals surface area contributed by atoms with Crippen LogP contribution in [-0.4, -0.2) is 13.4 Å². The van der Waals surface area contributed by atoms with Crippen molar-refractivity contribution in [3.63, 3.8) is 0 Å². The van der Waals surface area contributed by atoms with Gasteiger partial charge >= 0.3 is 0 Å². The van der Waals surface area contributed by atoms with Gasteiger partial charge in [0.1, 0.15) is 0 Å². The van der Waals surface area contributed by atoms with Gasteiger partial charge in [-0.3, -0.25) is 0 Å². The second-order valence-corrected chi connectivity index (χ2v) is 22.8. The fourth-order valence-corrected chi connectivity index (χ4v) is 9.12. The van der Waals surface area contributed by atoms with Gasteiger partial charge in [-0.15, -0.1) is 44.3 Å². The van der Waals surface area contributed by atoms with Crippen LogP contribution >= 0.6 is 44.3 Å². The Bertz CT molecular complexity index is 486. The van der Waals surface area contributed by atoms with E-state index < -0.39 is 13.4 Å². The minimum Gasteiger partial charge on any atom is -0.146 e. The summed E-state index contributed by atoms with van der Waals surface area (Å²) in [6.45, 7) is 2.34. The molecule has 138 valence electrons. The molecular weight excluding hydrogens is 414 g/mol. The predicted molar refractivity (Wildman–Crippen MR) is 118 cm³/mol. The van der Waals surface area contributed by atoms with Crippen LogP contribution in [0.25, 0.3) is 0 Å². The first-order valence-electron chi connectivity index (χ1n) is 8.98. The van der Waals surface area contributed by atoms with Crippen LogP contribution in [0.2, 0.25) is 24.7 Å². The summed E-state index contributed by atoms with van der Waals surface area (Å²) in [7, 11) is 0. The summed E-state index contributed by atoms with van der Waals surface area (Å²) in [4.78, 5) is 0. The molecule has 1 aromatic rings. The molecule has 1 aromatic carbocycles. The van der Waals surface area contributed by atoms with Crippen molar-refractivity contribution < 1.29 is 0 Å². The Kier molecular flexibility index (Phi) is 10.3. The van der Waals surface area contributed by atoms with Gasteiger partial charge in [0.15, 0.2) is 0 Å². The number of unbranched alkanes of at least 4 members (excludes halogenated alkanes) is 3. The van der Waals surface area contributed by atoms with E-state index in [4.69, 9.17) is 44.3 Å². The monoisotopic (exact) mass is 442 g/mol. The van der Waals surface area contributed by atoms with Gasteiger partial charge in [-0.05, 0) is 48.1 Å². The third-order valence-electron chi connectivity index (χ3n) is 4.48. The topological polar surface area (TPSA) is 0 Å². The second-order valence-electron chi connectivity index (χ2n) is 7.00. The van der Waals surface area contributed by atoms with E-state index in [1.807, 2.05) is 6.55 Å². The molecule has 0 fully saturated rings. The van der Waals surface area contributed by atoms with Crippen LogP contribution in [-0.2, 0) is 6.42 Å². The molecule has 24 heavy (non-hydrogen) atoms. The summed E-state index contributed by atoms with van der Waals surface area (Å²) >= 11 is 25.7. The van der Waals surface area contributed by atoms with Gasteiger partial charge in [0.25, 0.3) is 6.69 Å². The van der Waals surface area contributed by atoms with Gasteiger partial charge in [-0.2, -0.15) is 0 Å². The van der Waals surface area contributed by atoms with Gasteiger partial charge < -0.3 is 0 Å². The van der Waals surface area contributed by atoms with Crippen molar-refractivity contribution in [2.75, 3.05) is 0 Å².